The van der Waals surface area contributed by atoms with E-state index in [2.05, 4.69) is 10.4 Å². The molecule has 1 unspecified atom stereocenters. The number of aliphatic imine (C=N–C) groups is 1. The van der Waals surface area contributed by atoms with Gasteiger partial charge < -0.3 is 0 Å². The standard InChI is InChI=1S/C11H13N3O/c1-8-11(15)14(2)13-10(12-8)9-6-4-3-5-7-9/h3-8H,1-2H3,(H,12,13). The molecular weight excluding hydrogens is 190 g/mol. The maximum absolute atomic E-state index is 11.5. The molecule has 1 aromatic rings. The maximum atomic E-state index is 11.5. The van der Waals surface area contributed by atoms with Gasteiger partial charge in [-0.3, -0.25) is 20.2 Å². The molecule has 0 bridgehead atoms. The van der Waals surface area contributed by atoms with Gasteiger partial charge in [0.05, 0.1) is 0 Å². The highest BCUT2D eigenvalue weighted by atomic mass is 16.2. The van der Waals surface area contributed by atoms with Crippen LogP contribution in [0.5, 0.6) is 0 Å². The summed E-state index contributed by atoms with van der Waals surface area (Å²) in [6.07, 6.45) is 0. The number of carbonyl (C=O) groups excluding carboxylic acids is 1. The first-order valence-electron chi connectivity index (χ1n) is 4.86. The van der Waals surface area contributed by atoms with Crippen molar-refractivity contribution < 1.29 is 4.79 Å². The Labute approximate surface area is 88.6 Å². The Bertz CT molecular complexity index is 400. The van der Waals surface area contributed by atoms with Crippen LogP contribution in [-0.4, -0.2) is 29.8 Å². The lowest BCUT2D eigenvalue weighted by molar-refractivity contribution is -0.133. The van der Waals surface area contributed by atoms with Gasteiger partial charge in [0.25, 0.3) is 5.91 Å². The van der Waals surface area contributed by atoms with Crippen molar-refractivity contribution in [2.75, 3.05) is 7.05 Å². The van der Waals surface area contributed by atoms with E-state index in [9.17, 15) is 4.79 Å². The minimum Gasteiger partial charge on any atom is -0.279 e. The number of rotatable bonds is 1. The van der Waals surface area contributed by atoms with Crippen LogP contribution in [0.3, 0.4) is 0 Å². The van der Waals surface area contributed by atoms with Crippen molar-refractivity contribution in [1.29, 1.82) is 0 Å². The van der Waals surface area contributed by atoms with Crippen LogP contribution >= 0.6 is 0 Å². The molecule has 1 atom stereocenters. The summed E-state index contributed by atoms with van der Waals surface area (Å²) >= 11 is 0. The van der Waals surface area contributed by atoms with Crippen molar-refractivity contribution in [3.63, 3.8) is 0 Å². The molecule has 0 aromatic heterocycles. The summed E-state index contributed by atoms with van der Waals surface area (Å²) in [6.45, 7) is 1.79. The van der Waals surface area contributed by atoms with Gasteiger partial charge in [0.15, 0.2) is 0 Å². The number of amidine groups is 1. The van der Waals surface area contributed by atoms with E-state index >= 15 is 0 Å². The quantitative estimate of drug-likeness (QED) is 0.733. The predicted octanol–water partition coefficient (Wildman–Crippen LogP) is 0.798. The van der Waals surface area contributed by atoms with Crippen molar-refractivity contribution in [3.05, 3.63) is 35.9 Å². The average Bonchev–Trinajstić information content (AvgIpc) is 2.26. The topological polar surface area (TPSA) is 44.7 Å². The Kier molecular flexibility index (Phi) is 2.41. The van der Waals surface area contributed by atoms with Crippen molar-refractivity contribution in [2.24, 2.45) is 4.99 Å². The highest BCUT2D eigenvalue weighted by Crippen LogP contribution is 2.07. The molecule has 78 valence electrons. The van der Waals surface area contributed by atoms with Gasteiger partial charge >= 0.3 is 0 Å². The summed E-state index contributed by atoms with van der Waals surface area (Å²) in [4.78, 5) is 15.8. The van der Waals surface area contributed by atoms with Crippen LogP contribution in [0.1, 0.15) is 12.5 Å². The monoisotopic (exact) mass is 203 g/mol. The van der Waals surface area contributed by atoms with Gasteiger partial charge in [-0.25, -0.2) is 0 Å². The Morgan fingerprint density at radius 3 is 2.60 bits per heavy atom. The third kappa shape index (κ3) is 1.83. The van der Waals surface area contributed by atoms with Gasteiger partial charge in [-0.15, -0.1) is 0 Å². The first-order valence-corrected chi connectivity index (χ1v) is 4.86. The molecule has 1 aliphatic rings. The Hall–Kier alpha value is -1.84. The summed E-state index contributed by atoms with van der Waals surface area (Å²) in [6, 6.07) is 9.45. The van der Waals surface area contributed by atoms with E-state index in [0.29, 0.717) is 0 Å². The van der Waals surface area contributed by atoms with Gasteiger partial charge in [-0.1, -0.05) is 30.3 Å². The van der Waals surface area contributed by atoms with Crippen LogP contribution < -0.4 is 5.43 Å². The molecule has 2 rings (SSSR count). The lowest BCUT2D eigenvalue weighted by Crippen LogP contribution is -2.51. The third-order valence-corrected chi connectivity index (χ3v) is 2.33. The van der Waals surface area contributed by atoms with Crippen molar-refractivity contribution >= 4 is 11.7 Å². The summed E-state index contributed by atoms with van der Waals surface area (Å²) < 4.78 is 0. The molecule has 1 aliphatic heterocycles. The van der Waals surface area contributed by atoms with Gasteiger partial charge in [0.1, 0.15) is 11.9 Å². The number of amides is 1. The molecule has 0 spiro atoms. The van der Waals surface area contributed by atoms with E-state index < -0.39 is 0 Å². The number of hydrogen-bond donors (Lipinski definition) is 1. The van der Waals surface area contributed by atoms with Crippen LogP contribution in [0.15, 0.2) is 35.3 Å². The predicted molar refractivity (Wildman–Crippen MR) is 58.3 cm³/mol. The van der Waals surface area contributed by atoms with Crippen molar-refractivity contribution in [1.82, 2.24) is 10.4 Å². The lowest BCUT2D eigenvalue weighted by Gasteiger charge is -2.27. The largest absolute Gasteiger partial charge is 0.279 e. The van der Waals surface area contributed by atoms with Gasteiger partial charge in [-0.05, 0) is 6.92 Å². The van der Waals surface area contributed by atoms with E-state index in [1.54, 1.807) is 14.0 Å². The molecular formula is C11H13N3O. The molecule has 15 heavy (non-hydrogen) atoms. The van der Waals surface area contributed by atoms with Gasteiger partial charge in [0.2, 0.25) is 0 Å². The Balaban J connectivity index is 2.32. The molecule has 1 N–H and O–H groups in total. The second-order valence-corrected chi connectivity index (χ2v) is 3.53. The van der Waals surface area contributed by atoms with Crippen LogP contribution in [0, 0.1) is 0 Å². The minimum absolute atomic E-state index is 0.0188. The van der Waals surface area contributed by atoms with E-state index in [-0.39, 0.29) is 11.9 Å². The minimum atomic E-state index is -0.313. The molecule has 0 saturated heterocycles. The lowest BCUT2D eigenvalue weighted by atomic mass is 10.2. The van der Waals surface area contributed by atoms with E-state index in [4.69, 9.17) is 0 Å². The molecule has 1 amide bonds. The number of hydrazine groups is 1. The third-order valence-electron chi connectivity index (χ3n) is 2.33. The number of hydrogen-bond acceptors (Lipinski definition) is 3. The normalized spacial score (nSPS) is 20.9. The smallest absolute Gasteiger partial charge is 0.265 e. The fourth-order valence-corrected chi connectivity index (χ4v) is 1.51. The summed E-state index contributed by atoms with van der Waals surface area (Å²) in [5, 5.41) is 1.47. The fourth-order valence-electron chi connectivity index (χ4n) is 1.51. The number of carbonyl (C=O) groups is 1. The van der Waals surface area contributed by atoms with E-state index in [0.717, 1.165) is 11.4 Å². The second kappa shape index (κ2) is 3.73. The molecule has 0 radical (unpaired) electrons. The zero-order valence-electron chi connectivity index (χ0n) is 8.77. The van der Waals surface area contributed by atoms with Crippen molar-refractivity contribution in [2.45, 2.75) is 13.0 Å². The first kappa shape index (κ1) is 9.71. The number of likely N-dealkylation sites (N-methyl/N-ethyl adjacent to an activating group) is 1. The van der Waals surface area contributed by atoms with Gasteiger partial charge in [0, 0.05) is 12.6 Å². The molecule has 0 saturated carbocycles. The first-order chi connectivity index (χ1) is 7.18. The van der Waals surface area contributed by atoms with E-state index in [1.807, 2.05) is 30.3 Å². The zero-order chi connectivity index (χ0) is 10.8. The molecule has 0 fully saturated rings. The average molecular weight is 203 g/mol. The summed E-state index contributed by atoms with van der Waals surface area (Å²) in [5.74, 6) is 0.722. The molecule has 1 heterocycles. The molecule has 1 aromatic carbocycles. The Morgan fingerprint density at radius 2 is 2.00 bits per heavy atom. The summed E-state index contributed by atoms with van der Waals surface area (Å²) in [5.41, 5.74) is 3.94. The highest BCUT2D eigenvalue weighted by molar-refractivity contribution is 6.03. The number of nitrogens with one attached hydrogen (secondary N) is 1. The van der Waals surface area contributed by atoms with Crippen LogP contribution in [0.25, 0.3) is 0 Å². The van der Waals surface area contributed by atoms with Crippen molar-refractivity contribution in [3.8, 4) is 0 Å². The van der Waals surface area contributed by atoms with Crippen LogP contribution in [0.4, 0.5) is 0 Å². The zero-order valence-corrected chi connectivity index (χ0v) is 8.77. The Morgan fingerprint density at radius 1 is 1.33 bits per heavy atom. The number of nitrogens with zero attached hydrogens (tertiary/aromatic N) is 2. The summed E-state index contributed by atoms with van der Waals surface area (Å²) in [7, 11) is 1.70. The van der Waals surface area contributed by atoms with Crippen LogP contribution in [0.2, 0.25) is 0 Å². The fraction of sp³-hybridized carbons (Fsp3) is 0.273. The van der Waals surface area contributed by atoms with Crippen LogP contribution in [-0.2, 0) is 4.79 Å². The van der Waals surface area contributed by atoms with E-state index in [1.165, 1.54) is 5.01 Å². The number of benzene rings is 1. The van der Waals surface area contributed by atoms with Gasteiger partial charge in [-0.2, -0.15) is 0 Å². The molecule has 4 heteroatoms. The second-order valence-electron chi connectivity index (χ2n) is 3.53. The highest BCUT2D eigenvalue weighted by Gasteiger charge is 2.23. The molecule has 0 aliphatic carbocycles. The maximum Gasteiger partial charge on any atom is 0.265 e. The SMILES string of the molecule is CC1N=C(c2ccccc2)NN(C)C1=O. The molecule has 4 nitrogen and oxygen atoms in total.